The molecule has 0 aromatic heterocycles. The van der Waals surface area contributed by atoms with Crippen LogP contribution in [0.5, 0.6) is 5.75 Å². The van der Waals surface area contributed by atoms with Gasteiger partial charge >= 0.3 is 0 Å². The van der Waals surface area contributed by atoms with Gasteiger partial charge in [-0.3, -0.25) is 0 Å². The van der Waals surface area contributed by atoms with Gasteiger partial charge in [0.2, 0.25) is 0 Å². The maximum atomic E-state index is 5.44. The van der Waals surface area contributed by atoms with Crippen LogP contribution >= 0.6 is 0 Å². The third kappa shape index (κ3) is 3.98. The van der Waals surface area contributed by atoms with Crippen molar-refractivity contribution in [1.29, 1.82) is 0 Å². The van der Waals surface area contributed by atoms with Crippen molar-refractivity contribution in [1.82, 2.24) is 10.2 Å². The lowest BCUT2D eigenvalue weighted by atomic mass is 10.0. The molecular formula is C18H28N2O. The summed E-state index contributed by atoms with van der Waals surface area (Å²) >= 11 is 0. The maximum Gasteiger partial charge on any atom is 0.122 e. The van der Waals surface area contributed by atoms with E-state index in [9.17, 15) is 0 Å². The molecule has 1 aliphatic heterocycles. The van der Waals surface area contributed by atoms with E-state index in [1.54, 1.807) is 7.11 Å². The lowest BCUT2D eigenvalue weighted by molar-refractivity contribution is 0.309. The van der Waals surface area contributed by atoms with Gasteiger partial charge in [-0.15, -0.1) is 0 Å². The Morgan fingerprint density at radius 3 is 2.86 bits per heavy atom. The largest absolute Gasteiger partial charge is 0.496 e. The number of para-hydroxylation sites is 1. The van der Waals surface area contributed by atoms with Crippen LogP contribution in [-0.4, -0.2) is 43.7 Å². The molecule has 21 heavy (non-hydrogen) atoms. The molecule has 0 bridgehead atoms. The van der Waals surface area contributed by atoms with Crippen LogP contribution < -0.4 is 10.1 Å². The first kappa shape index (κ1) is 14.9. The van der Waals surface area contributed by atoms with Gasteiger partial charge in [0.25, 0.3) is 0 Å². The summed E-state index contributed by atoms with van der Waals surface area (Å²) in [5.41, 5.74) is 1.30. The predicted molar refractivity (Wildman–Crippen MR) is 86.9 cm³/mol. The summed E-state index contributed by atoms with van der Waals surface area (Å²) in [6.07, 6.45) is 5.27. The fraction of sp³-hybridized carbons (Fsp3) is 0.667. The number of benzene rings is 1. The van der Waals surface area contributed by atoms with Gasteiger partial charge < -0.3 is 15.0 Å². The lowest BCUT2D eigenvalue weighted by Crippen LogP contribution is -2.34. The summed E-state index contributed by atoms with van der Waals surface area (Å²) in [4.78, 5) is 2.69. The zero-order valence-electron chi connectivity index (χ0n) is 13.3. The number of nitrogens with zero attached hydrogens (tertiary/aromatic N) is 1. The highest BCUT2D eigenvalue weighted by Crippen LogP contribution is 2.31. The Kier molecular flexibility index (Phi) is 4.81. The average Bonchev–Trinajstić information content (AvgIpc) is 3.25. The smallest absolute Gasteiger partial charge is 0.122 e. The van der Waals surface area contributed by atoms with Crippen molar-refractivity contribution >= 4 is 0 Å². The Bertz CT molecular complexity index is 458. The predicted octanol–water partition coefficient (Wildman–Crippen LogP) is 2.70. The van der Waals surface area contributed by atoms with Gasteiger partial charge in [0.1, 0.15) is 5.75 Å². The molecule has 0 amide bonds. The van der Waals surface area contributed by atoms with Crippen molar-refractivity contribution in [3.8, 4) is 5.75 Å². The zero-order chi connectivity index (χ0) is 14.7. The minimum absolute atomic E-state index is 0.497. The van der Waals surface area contributed by atoms with Crippen molar-refractivity contribution < 1.29 is 4.74 Å². The number of rotatable bonds is 7. The molecule has 1 N–H and O–H groups in total. The van der Waals surface area contributed by atoms with E-state index in [2.05, 4.69) is 29.3 Å². The van der Waals surface area contributed by atoms with E-state index in [1.165, 1.54) is 37.9 Å². The van der Waals surface area contributed by atoms with Crippen molar-refractivity contribution in [3.63, 3.8) is 0 Å². The summed E-state index contributed by atoms with van der Waals surface area (Å²) in [6.45, 7) is 6.05. The molecule has 3 nitrogen and oxygen atoms in total. The fourth-order valence-electron chi connectivity index (χ4n) is 3.44. The Balaban J connectivity index is 1.43. The number of likely N-dealkylation sites (tertiary alicyclic amines) is 1. The van der Waals surface area contributed by atoms with E-state index < -0.39 is 0 Å². The number of ether oxygens (including phenoxy) is 1. The molecule has 3 heteroatoms. The van der Waals surface area contributed by atoms with Gasteiger partial charge in [-0.05, 0) is 63.2 Å². The molecule has 2 aliphatic rings. The molecule has 0 spiro atoms. The van der Waals surface area contributed by atoms with E-state index in [0.717, 1.165) is 30.7 Å². The van der Waals surface area contributed by atoms with Crippen LogP contribution in [0.1, 0.15) is 31.7 Å². The van der Waals surface area contributed by atoms with E-state index in [0.29, 0.717) is 6.04 Å². The molecule has 0 radical (unpaired) electrons. The average molecular weight is 288 g/mol. The van der Waals surface area contributed by atoms with Crippen LogP contribution in [0.15, 0.2) is 24.3 Å². The zero-order valence-corrected chi connectivity index (χ0v) is 13.3. The van der Waals surface area contributed by atoms with Gasteiger partial charge in [-0.1, -0.05) is 18.2 Å². The number of hydrogen-bond donors (Lipinski definition) is 1. The molecule has 1 heterocycles. The second-order valence-corrected chi connectivity index (χ2v) is 6.71. The van der Waals surface area contributed by atoms with Crippen LogP contribution in [0.2, 0.25) is 0 Å². The van der Waals surface area contributed by atoms with Gasteiger partial charge in [0.15, 0.2) is 0 Å². The van der Waals surface area contributed by atoms with Gasteiger partial charge in [-0.25, -0.2) is 0 Å². The minimum Gasteiger partial charge on any atom is -0.496 e. The Labute approximate surface area is 128 Å². The Hall–Kier alpha value is -1.06. The molecule has 1 aromatic carbocycles. The molecule has 1 aliphatic carbocycles. The van der Waals surface area contributed by atoms with E-state index in [1.807, 2.05) is 12.1 Å². The van der Waals surface area contributed by atoms with Crippen molar-refractivity contribution in [2.45, 2.75) is 44.7 Å². The highest BCUT2D eigenvalue weighted by Gasteiger charge is 2.34. The third-order valence-electron chi connectivity index (χ3n) is 4.85. The van der Waals surface area contributed by atoms with Crippen molar-refractivity contribution in [3.05, 3.63) is 29.8 Å². The molecule has 1 saturated heterocycles. The van der Waals surface area contributed by atoms with E-state index >= 15 is 0 Å². The summed E-state index contributed by atoms with van der Waals surface area (Å²) in [6, 6.07) is 9.77. The molecule has 2 unspecified atom stereocenters. The maximum absolute atomic E-state index is 5.44. The van der Waals surface area contributed by atoms with Gasteiger partial charge in [-0.2, -0.15) is 0 Å². The molecule has 2 atom stereocenters. The molecular weight excluding hydrogens is 260 g/mol. The molecule has 1 aromatic rings. The number of hydrogen-bond acceptors (Lipinski definition) is 3. The van der Waals surface area contributed by atoms with Crippen LogP contribution in [0.25, 0.3) is 0 Å². The van der Waals surface area contributed by atoms with Crippen LogP contribution in [-0.2, 0) is 6.42 Å². The molecule has 3 rings (SSSR count). The first-order chi connectivity index (χ1) is 10.3. The van der Waals surface area contributed by atoms with Crippen LogP contribution in [0.4, 0.5) is 0 Å². The summed E-state index contributed by atoms with van der Waals surface area (Å²) < 4.78 is 5.44. The summed E-state index contributed by atoms with van der Waals surface area (Å²) in [5, 5.41) is 3.72. The van der Waals surface area contributed by atoms with E-state index in [4.69, 9.17) is 4.74 Å². The lowest BCUT2D eigenvalue weighted by Gasteiger charge is -2.19. The molecule has 2 fully saturated rings. The van der Waals surface area contributed by atoms with E-state index in [-0.39, 0.29) is 0 Å². The number of methoxy groups -OCH3 is 1. The first-order valence-electron chi connectivity index (χ1n) is 8.35. The van der Waals surface area contributed by atoms with Crippen LogP contribution in [0, 0.1) is 5.92 Å². The molecule has 116 valence electrons. The van der Waals surface area contributed by atoms with Crippen LogP contribution in [0.3, 0.4) is 0 Å². The highest BCUT2D eigenvalue weighted by atomic mass is 16.5. The highest BCUT2D eigenvalue weighted by molar-refractivity contribution is 5.33. The van der Waals surface area contributed by atoms with Crippen molar-refractivity contribution in [2.24, 2.45) is 5.92 Å². The standard InChI is InChI=1S/C18H28N2O/c1-14(11-16-5-3-4-6-18(16)21-2)19-12-15-9-10-20(13-15)17-7-8-17/h3-6,14-15,17,19H,7-13H2,1-2H3. The SMILES string of the molecule is COc1ccccc1CC(C)NCC1CCN(C2CC2)C1. The Morgan fingerprint density at radius 1 is 1.29 bits per heavy atom. The van der Waals surface area contributed by atoms with Gasteiger partial charge in [0.05, 0.1) is 7.11 Å². The monoisotopic (exact) mass is 288 g/mol. The first-order valence-corrected chi connectivity index (χ1v) is 8.35. The second kappa shape index (κ2) is 6.80. The number of nitrogens with one attached hydrogen (secondary N) is 1. The van der Waals surface area contributed by atoms with Crippen molar-refractivity contribution in [2.75, 3.05) is 26.7 Å². The summed E-state index contributed by atoms with van der Waals surface area (Å²) in [5.74, 6) is 1.85. The summed E-state index contributed by atoms with van der Waals surface area (Å²) in [7, 11) is 1.75. The molecule has 1 saturated carbocycles. The Morgan fingerprint density at radius 2 is 2.10 bits per heavy atom. The second-order valence-electron chi connectivity index (χ2n) is 6.71. The topological polar surface area (TPSA) is 24.5 Å². The minimum atomic E-state index is 0.497. The fourth-order valence-corrected chi connectivity index (χ4v) is 3.44. The quantitative estimate of drug-likeness (QED) is 0.835. The third-order valence-corrected chi connectivity index (χ3v) is 4.85. The van der Waals surface area contributed by atoms with Gasteiger partial charge in [0, 0.05) is 18.6 Å². The normalized spacial score (nSPS) is 24.2.